The van der Waals surface area contributed by atoms with Gasteiger partial charge in [0.2, 0.25) is 5.89 Å². The van der Waals surface area contributed by atoms with Gasteiger partial charge in [-0.25, -0.2) is 24.4 Å². The van der Waals surface area contributed by atoms with Gasteiger partial charge in [-0.2, -0.15) is 0 Å². The molecule has 0 bridgehead atoms. The van der Waals surface area contributed by atoms with Gasteiger partial charge < -0.3 is 43.6 Å². The van der Waals surface area contributed by atoms with E-state index >= 15 is 0 Å². The Morgan fingerprint density at radius 2 is 1.09 bits per heavy atom. The minimum Gasteiger partial charge on any atom is -0.465 e. The average molecular weight is 1000 g/mol. The van der Waals surface area contributed by atoms with Gasteiger partial charge in [0.05, 0.1) is 54.2 Å². The van der Waals surface area contributed by atoms with E-state index in [9.17, 15) is 19.2 Å². The number of rotatable bonds is 13. The second-order valence-electron chi connectivity index (χ2n) is 14.9. The predicted molar refractivity (Wildman–Crippen MR) is 260 cm³/mol. The highest BCUT2D eigenvalue weighted by Crippen LogP contribution is 2.31. The van der Waals surface area contributed by atoms with Crippen LogP contribution in [0.1, 0.15) is 105 Å². The van der Waals surface area contributed by atoms with Crippen LogP contribution in [0.5, 0.6) is 0 Å². The normalized spacial score (nSPS) is 10.7. The molecule has 0 aliphatic heterocycles. The molecule has 5 aromatic rings. The number of hydrogen-bond donors (Lipinski definition) is 3. The van der Waals surface area contributed by atoms with E-state index in [2.05, 4.69) is 35.6 Å². The van der Waals surface area contributed by atoms with Crippen molar-refractivity contribution in [2.45, 2.75) is 80.4 Å². The lowest BCUT2D eigenvalue weighted by Crippen LogP contribution is -2.15. The van der Waals surface area contributed by atoms with Crippen molar-refractivity contribution >= 4 is 57.9 Å². The zero-order chi connectivity index (χ0) is 49.3. The number of esters is 3. The van der Waals surface area contributed by atoms with Crippen molar-refractivity contribution in [3.63, 3.8) is 0 Å². The quantitative estimate of drug-likeness (QED) is 0.0250. The minimum atomic E-state index is -0.418. The summed E-state index contributed by atoms with van der Waals surface area (Å²) >= 11 is 3.24. The number of carbonyl (C=O) groups is 4. The third-order valence-electron chi connectivity index (χ3n) is 9.68. The highest BCUT2D eigenvalue weighted by molar-refractivity contribution is 9.10. The van der Waals surface area contributed by atoms with E-state index in [0.717, 1.165) is 67.4 Å². The zero-order valence-corrected chi connectivity index (χ0v) is 42.8. The van der Waals surface area contributed by atoms with Crippen LogP contribution in [0.4, 0.5) is 0 Å². The van der Waals surface area contributed by atoms with Crippen LogP contribution in [0.15, 0.2) is 40.8 Å². The van der Waals surface area contributed by atoms with Crippen molar-refractivity contribution in [3.8, 4) is 22.6 Å². The summed E-state index contributed by atoms with van der Waals surface area (Å²) in [6.07, 6.45) is 0. The number of benzene rings is 3. The Morgan fingerprint density at radius 3 is 1.52 bits per heavy atom. The van der Waals surface area contributed by atoms with Gasteiger partial charge in [-0.3, -0.25) is 10.2 Å². The van der Waals surface area contributed by atoms with Crippen molar-refractivity contribution in [2.24, 2.45) is 5.73 Å². The van der Waals surface area contributed by atoms with Crippen LogP contribution in [-0.2, 0) is 41.6 Å². The van der Waals surface area contributed by atoms with E-state index < -0.39 is 5.97 Å². The lowest BCUT2D eigenvalue weighted by molar-refractivity contribution is 0.0590. The van der Waals surface area contributed by atoms with Crippen molar-refractivity contribution in [1.82, 2.24) is 15.0 Å². The number of Topliss-reactive ketones (excluding diaryl/α,β-unsaturated/α-hetero) is 1. The van der Waals surface area contributed by atoms with Crippen molar-refractivity contribution in [1.29, 1.82) is 5.41 Å². The lowest BCUT2D eigenvalue weighted by atomic mass is 9.96. The number of imidazole rings is 1. The molecular formula is C48H63BrClN5O11. The third-order valence-corrected chi connectivity index (χ3v) is 10.1. The summed E-state index contributed by atoms with van der Waals surface area (Å²) in [6.45, 7) is 18.0. The highest BCUT2D eigenvalue weighted by atomic mass is 79.9. The fraction of sp³-hybridized carbons (Fsp3) is 0.396. The summed E-state index contributed by atoms with van der Waals surface area (Å²) in [5, 5.41) is 6.55. The number of nitrogens with two attached hydrogens (primary N) is 1. The molecule has 16 nitrogen and oxygen atoms in total. The molecule has 1 atom stereocenters. The zero-order valence-electron chi connectivity index (χ0n) is 40.4. The molecule has 0 saturated heterocycles. The van der Waals surface area contributed by atoms with Gasteiger partial charge in [0.1, 0.15) is 31.5 Å². The fourth-order valence-corrected chi connectivity index (χ4v) is 6.81. The third kappa shape index (κ3) is 16.0. The molecule has 0 amide bonds. The molecule has 0 saturated carbocycles. The molecule has 0 radical (unpaired) electrons. The average Bonchev–Trinajstić information content (AvgIpc) is 3.80. The molecule has 4 N–H and O–H groups in total. The van der Waals surface area contributed by atoms with Crippen LogP contribution in [0.3, 0.4) is 0 Å². The molecule has 3 aromatic carbocycles. The number of carbonyl (C=O) groups excluding carboxylic acids is 4. The summed E-state index contributed by atoms with van der Waals surface area (Å²) in [5.41, 5.74) is 16.8. The standard InChI is InChI=1S/C16H20N2O3.C16H19NO4.C13H15BrO3.C3H8N2O.ClH/c1-9-6-10(2)13(16(19)21-5)7-12(9)15-11(3)17-14(18-15)8-20-4;1-9-6-10(2)13(16(18)20-5)7-12(9)15-11(3)17-14(21-15)8-19-4;1-7-5-8(2)11(13(16)17-4)6-10(7)12(15)9(3)14;1-6-2-3(4)5;/h6-7H,8H2,1-5H3,(H,17,18);6-7H,8H2,1-5H3;5-6,9H,1-4H3;2H2,1H3,(H3,4,5);1H. The van der Waals surface area contributed by atoms with Gasteiger partial charge in [-0.1, -0.05) is 34.1 Å². The molecule has 18 heteroatoms. The molecule has 360 valence electrons. The summed E-state index contributed by atoms with van der Waals surface area (Å²) < 4.78 is 34.7. The van der Waals surface area contributed by atoms with E-state index in [1.165, 1.54) is 28.4 Å². The SMILES string of the molecule is COC(=O)c1cc(C(=O)C(C)Br)c(C)cc1C.COCC(=N)N.COCc1nc(-c2cc(C(=O)OC)c(C)cc2C)c(C)[nH]1.COCc1nc(C)c(-c2cc(C(=O)OC)c(C)cc2C)o1.Cl. The fourth-order valence-electron chi connectivity index (χ4n) is 6.56. The van der Waals surface area contributed by atoms with E-state index in [-0.39, 0.29) is 47.4 Å². The number of nitrogens with zero attached hydrogens (tertiary/aromatic N) is 2. The van der Waals surface area contributed by atoms with Crippen molar-refractivity contribution in [2.75, 3.05) is 49.3 Å². The second-order valence-corrected chi connectivity index (χ2v) is 16.3. The van der Waals surface area contributed by atoms with Gasteiger partial charge >= 0.3 is 17.9 Å². The number of aromatic nitrogens is 3. The predicted octanol–water partition coefficient (Wildman–Crippen LogP) is 9.18. The van der Waals surface area contributed by atoms with Crippen LogP contribution in [-0.4, -0.2) is 98.6 Å². The Morgan fingerprint density at radius 1 is 0.652 bits per heavy atom. The maximum Gasteiger partial charge on any atom is 0.338 e. The monoisotopic (exact) mass is 999 g/mol. The number of hydrogen-bond acceptors (Lipinski definition) is 14. The first-order valence-corrected chi connectivity index (χ1v) is 21.1. The minimum absolute atomic E-state index is 0. The van der Waals surface area contributed by atoms with E-state index in [1.807, 2.05) is 79.7 Å². The first kappa shape index (κ1) is 58.3. The van der Waals surface area contributed by atoms with Gasteiger partial charge in [0.25, 0.3) is 0 Å². The number of aromatic amines is 1. The lowest BCUT2D eigenvalue weighted by Gasteiger charge is -2.11. The van der Waals surface area contributed by atoms with Gasteiger partial charge in [0, 0.05) is 43.7 Å². The maximum atomic E-state index is 11.9. The van der Waals surface area contributed by atoms with Crippen molar-refractivity contribution < 1.29 is 52.0 Å². The molecule has 0 fully saturated rings. The molecule has 0 aliphatic rings. The first-order valence-electron chi connectivity index (χ1n) is 20.2. The number of H-pyrrole nitrogens is 1. The van der Waals surface area contributed by atoms with E-state index in [0.29, 0.717) is 47.1 Å². The number of aryl methyl sites for hydroxylation is 8. The number of alkyl halides is 1. The summed E-state index contributed by atoms with van der Waals surface area (Å²) in [5.74, 6) is 0.866. The topological polar surface area (TPSA) is 228 Å². The second kappa shape index (κ2) is 27.7. The number of nitrogens with one attached hydrogen (secondary N) is 2. The molecule has 2 heterocycles. The largest absolute Gasteiger partial charge is 0.465 e. The number of methoxy groups -OCH3 is 6. The van der Waals surface area contributed by atoms with Crippen LogP contribution in [0, 0.1) is 60.8 Å². The molecule has 2 aromatic heterocycles. The Bertz CT molecular complexity index is 2360. The van der Waals surface area contributed by atoms with Gasteiger partial charge in [0.15, 0.2) is 11.5 Å². The Hall–Kier alpha value is -5.72. The Labute approximate surface area is 401 Å². The first-order chi connectivity index (χ1) is 30.6. The number of halogens is 2. The van der Waals surface area contributed by atoms with E-state index in [1.54, 1.807) is 33.3 Å². The van der Waals surface area contributed by atoms with Gasteiger partial charge in [-0.05, 0) is 114 Å². The number of oxazole rings is 1. The van der Waals surface area contributed by atoms with Crippen molar-refractivity contribution in [3.05, 3.63) is 115 Å². The maximum absolute atomic E-state index is 11.9. The van der Waals surface area contributed by atoms with Crippen LogP contribution in [0.2, 0.25) is 0 Å². The van der Waals surface area contributed by atoms with Crippen LogP contribution >= 0.6 is 28.3 Å². The Balaban J connectivity index is 0.000000465. The number of ether oxygens (including phenoxy) is 6. The molecule has 0 aliphatic carbocycles. The molecule has 5 rings (SSSR count). The highest BCUT2D eigenvalue weighted by Gasteiger charge is 2.21. The molecule has 66 heavy (non-hydrogen) atoms. The number of ketones is 1. The van der Waals surface area contributed by atoms with E-state index in [4.69, 9.17) is 39.2 Å². The van der Waals surface area contributed by atoms with Crippen LogP contribution in [0.25, 0.3) is 22.6 Å². The van der Waals surface area contributed by atoms with Crippen LogP contribution < -0.4 is 5.73 Å². The summed E-state index contributed by atoms with van der Waals surface area (Å²) in [7, 11) is 8.81. The number of amidine groups is 1. The summed E-state index contributed by atoms with van der Waals surface area (Å²) in [6, 6.07) is 11.0. The summed E-state index contributed by atoms with van der Waals surface area (Å²) in [4.78, 5) is 59.0. The molecular weight excluding hydrogens is 938 g/mol. The van der Waals surface area contributed by atoms with Gasteiger partial charge in [-0.15, -0.1) is 12.4 Å². The Kier molecular flexibility index (Phi) is 24.5. The molecule has 1 unspecified atom stereocenters. The smallest absolute Gasteiger partial charge is 0.338 e. The molecule has 0 spiro atoms.